The van der Waals surface area contributed by atoms with Gasteiger partial charge in [0.05, 0.1) is 6.61 Å². The van der Waals surface area contributed by atoms with Crippen LogP contribution in [-0.4, -0.2) is 24.8 Å². The highest BCUT2D eigenvalue weighted by atomic mass is 32.2. The standard InChI is InChI=1S/C33H35NO2S2.H2/c1-5-21-34-32(35)33(29-16-10-8-14-27(29)28-15-9-11-17-30(28)33)20-12-13-22-37-24(4)38-31-23-26(36-7-3)19-18-25(31)6-2;/h2,8-11,14-19,23H,4-5,7,12-13,20-22H2,1,3H3,(H,34,35);1H. The van der Waals surface area contributed by atoms with E-state index in [-0.39, 0.29) is 7.33 Å². The van der Waals surface area contributed by atoms with Crippen LogP contribution in [0.5, 0.6) is 5.75 Å². The van der Waals surface area contributed by atoms with Crippen molar-refractivity contribution in [3.05, 3.63) is 94.2 Å². The lowest BCUT2D eigenvalue weighted by Gasteiger charge is -2.31. The van der Waals surface area contributed by atoms with Gasteiger partial charge in [-0.25, -0.2) is 0 Å². The topological polar surface area (TPSA) is 38.3 Å². The molecular weight excluding hydrogens is 507 g/mol. The van der Waals surface area contributed by atoms with Crippen molar-refractivity contribution in [2.24, 2.45) is 0 Å². The van der Waals surface area contributed by atoms with Gasteiger partial charge in [0, 0.05) is 22.7 Å². The SMILES string of the molecule is C#Cc1ccc(OCC)cc1SC(=C)SCCCCC1(C(=O)NCCC)c2ccccc2-c2ccccc21.[HH]. The molecule has 0 aromatic heterocycles. The number of fused-ring (bicyclic) bond motifs is 3. The summed E-state index contributed by atoms with van der Waals surface area (Å²) in [6.07, 6.45) is 9.31. The van der Waals surface area contributed by atoms with Crippen molar-refractivity contribution >= 4 is 29.4 Å². The molecule has 3 nitrogen and oxygen atoms in total. The van der Waals surface area contributed by atoms with Gasteiger partial charge < -0.3 is 10.1 Å². The number of benzene rings is 3. The summed E-state index contributed by atoms with van der Waals surface area (Å²) in [7, 11) is 0. The lowest BCUT2D eigenvalue weighted by Crippen LogP contribution is -2.44. The zero-order valence-corrected chi connectivity index (χ0v) is 23.9. The van der Waals surface area contributed by atoms with Crippen LogP contribution in [0.15, 0.2) is 82.4 Å². The van der Waals surface area contributed by atoms with Crippen LogP contribution in [0.1, 0.15) is 57.6 Å². The molecule has 1 amide bonds. The number of terminal acetylenes is 1. The van der Waals surface area contributed by atoms with E-state index < -0.39 is 5.41 Å². The molecule has 38 heavy (non-hydrogen) atoms. The quantitative estimate of drug-likeness (QED) is 0.134. The number of ether oxygens (including phenoxy) is 1. The third-order valence-corrected chi connectivity index (χ3v) is 9.04. The van der Waals surface area contributed by atoms with Gasteiger partial charge in [-0.2, -0.15) is 0 Å². The molecule has 3 aromatic rings. The van der Waals surface area contributed by atoms with Crippen molar-refractivity contribution < 1.29 is 11.0 Å². The average molecular weight is 544 g/mol. The van der Waals surface area contributed by atoms with Crippen LogP contribution < -0.4 is 10.1 Å². The maximum atomic E-state index is 13.8. The Balaban J connectivity index is 0.00000420. The molecule has 0 aliphatic heterocycles. The number of rotatable bonds is 13. The maximum Gasteiger partial charge on any atom is 0.235 e. The maximum absolute atomic E-state index is 13.8. The number of amides is 1. The van der Waals surface area contributed by atoms with Crippen molar-refractivity contribution in [1.82, 2.24) is 5.32 Å². The first-order chi connectivity index (χ1) is 18.5. The number of unbranched alkanes of at least 4 members (excludes halogenated alkanes) is 1. The first-order valence-corrected chi connectivity index (χ1v) is 15.1. The first kappa shape index (κ1) is 28.0. The highest BCUT2D eigenvalue weighted by Crippen LogP contribution is 2.51. The largest absolute Gasteiger partial charge is 0.494 e. The van der Waals surface area contributed by atoms with Gasteiger partial charge in [-0.1, -0.05) is 86.1 Å². The van der Waals surface area contributed by atoms with Gasteiger partial charge in [0.1, 0.15) is 11.2 Å². The molecule has 0 saturated heterocycles. The first-order valence-electron chi connectivity index (χ1n) is 13.3. The fourth-order valence-corrected chi connectivity index (χ4v) is 7.12. The van der Waals surface area contributed by atoms with Gasteiger partial charge in [-0.15, -0.1) is 18.2 Å². The molecule has 0 saturated carbocycles. The summed E-state index contributed by atoms with van der Waals surface area (Å²) in [6.45, 7) is 9.62. The van der Waals surface area contributed by atoms with Crippen LogP contribution in [0.4, 0.5) is 0 Å². The predicted molar refractivity (Wildman–Crippen MR) is 165 cm³/mol. The zero-order chi connectivity index (χ0) is 27.0. The molecule has 5 heteroatoms. The monoisotopic (exact) mass is 543 g/mol. The fourth-order valence-electron chi connectivity index (χ4n) is 5.14. The Morgan fingerprint density at radius 3 is 2.37 bits per heavy atom. The van der Waals surface area contributed by atoms with Crippen molar-refractivity contribution in [2.45, 2.75) is 49.8 Å². The van der Waals surface area contributed by atoms with Gasteiger partial charge in [0.2, 0.25) is 5.91 Å². The number of carbonyl (C=O) groups excluding carboxylic acids is 1. The number of hydrogen-bond acceptors (Lipinski definition) is 4. The van der Waals surface area contributed by atoms with Crippen molar-refractivity contribution in [3.63, 3.8) is 0 Å². The minimum absolute atomic E-state index is 0. The van der Waals surface area contributed by atoms with E-state index in [0.717, 1.165) is 63.0 Å². The Labute approximate surface area is 237 Å². The molecule has 0 fully saturated rings. The molecule has 0 unspecified atom stereocenters. The molecule has 0 bridgehead atoms. The van der Waals surface area contributed by atoms with Crippen LogP contribution in [0, 0.1) is 12.3 Å². The van der Waals surface area contributed by atoms with Crippen LogP contribution in [0.3, 0.4) is 0 Å². The Hall–Kier alpha value is -3.07. The molecule has 0 spiro atoms. The van der Waals surface area contributed by atoms with Crippen LogP contribution in [0.25, 0.3) is 11.1 Å². The van der Waals surface area contributed by atoms with E-state index in [9.17, 15) is 4.79 Å². The van der Waals surface area contributed by atoms with Crippen LogP contribution in [0.2, 0.25) is 0 Å². The van der Waals surface area contributed by atoms with E-state index in [1.54, 1.807) is 23.5 Å². The van der Waals surface area contributed by atoms with E-state index in [4.69, 9.17) is 11.2 Å². The highest BCUT2D eigenvalue weighted by Gasteiger charge is 2.48. The normalized spacial score (nSPS) is 12.8. The summed E-state index contributed by atoms with van der Waals surface area (Å²) >= 11 is 3.34. The summed E-state index contributed by atoms with van der Waals surface area (Å²) in [5, 5.41) is 3.22. The molecule has 0 radical (unpaired) electrons. The van der Waals surface area contributed by atoms with Gasteiger partial charge in [-0.05, 0) is 72.4 Å². The molecule has 198 valence electrons. The zero-order valence-electron chi connectivity index (χ0n) is 22.2. The van der Waals surface area contributed by atoms with Crippen molar-refractivity contribution in [1.29, 1.82) is 0 Å². The molecule has 4 rings (SSSR count). The van der Waals surface area contributed by atoms with Gasteiger partial charge in [0.25, 0.3) is 0 Å². The third-order valence-electron chi connectivity index (χ3n) is 6.84. The smallest absolute Gasteiger partial charge is 0.235 e. The molecule has 0 atom stereocenters. The van der Waals surface area contributed by atoms with Gasteiger partial charge in [0.15, 0.2) is 0 Å². The van der Waals surface area contributed by atoms with Crippen LogP contribution >= 0.6 is 23.5 Å². The fraction of sp³-hybridized carbons (Fsp3) is 0.303. The summed E-state index contributed by atoms with van der Waals surface area (Å²) in [5.41, 5.74) is 4.79. The summed E-state index contributed by atoms with van der Waals surface area (Å²) < 4.78 is 6.64. The van der Waals surface area contributed by atoms with Gasteiger partial charge in [-0.3, -0.25) is 4.79 Å². The van der Waals surface area contributed by atoms with E-state index in [0.29, 0.717) is 13.2 Å². The average Bonchev–Trinajstić information content (AvgIpc) is 3.23. The molecule has 1 aliphatic carbocycles. The van der Waals surface area contributed by atoms with E-state index >= 15 is 0 Å². The third kappa shape index (κ3) is 5.82. The number of nitrogens with one attached hydrogen (secondary N) is 1. The molecular formula is C33H37NO2S2. The Morgan fingerprint density at radius 2 is 1.74 bits per heavy atom. The van der Waals surface area contributed by atoms with Crippen LogP contribution in [-0.2, 0) is 10.2 Å². The number of thioether (sulfide) groups is 2. The molecule has 1 aliphatic rings. The minimum atomic E-state index is -0.653. The second kappa shape index (κ2) is 13.1. The molecule has 3 aromatic carbocycles. The van der Waals surface area contributed by atoms with Gasteiger partial charge >= 0.3 is 0 Å². The Kier molecular flexibility index (Phi) is 9.66. The van der Waals surface area contributed by atoms with E-state index in [1.807, 2.05) is 25.1 Å². The highest BCUT2D eigenvalue weighted by molar-refractivity contribution is 8.22. The number of hydrogen-bond donors (Lipinski definition) is 1. The Morgan fingerprint density at radius 1 is 1.05 bits per heavy atom. The predicted octanol–water partition coefficient (Wildman–Crippen LogP) is 8.27. The second-order valence-corrected chi connectivity index (χ2v) is 11.9. The minimum Gasteiger partial charge on any atom is -0.494 e. The van der Waals surface area contributed by atoms with Crippen molar-refractivity contribution in [3.8, 4) is 29.2 Å². The van der Waals surface area contributed by atoms with E-state index in [2.05, 4.69) is 73.3 Å². The molecule has 0 heterocycles. The summed E-state index contributed by atoms with van der Waals surface area (Å²) in [5.74, 6) is 4.61. The van der Waals surface area contributed by atoms with Crippen molar-refractivity contribution in [2.75, 3.05) is 18.9 Å². The summed E-state index contributed by atoms with van der Waals surface area (Å²) in [6, 6.07) is 22.6. The van der Waals surface area contributed by atoms with E-state index in [1.165, 1.54) is 11.1 Å². The Bertz CT molecular complexity index is 1300. The second-order valence-electron chi connectivity index (χ2n) is 9.27. The number of carbonyl (C=O) groups is 1. The lowest BCUT2D eigenvalue weighted by molar-refractivity contribution is -0.125. The lowest BCUT2D eigenvalue weighted by atomic mass is 9.73. The molecule has 1 N–H and O–H groups in total. The summed E-state index contributed by atoms with van der Waals surface area (Å²) in [4.78, 5) is 14.8.